The maximum absolute atomic E-state index is 11.6. The highest BCUT2D eigenvalue weighted by Gasteiger charge is 2.29. The number of hydrogen-bond donors (Lipinski definition) is 4. The van der Waals surface area contributed by atoms with Gasteiger partial charge in [0, 0.05) is 12.6 Å². The van der Waals surface area contributed by atoms with Gasteiger partial charge in [-0.1, -0.05) is 0 Å². The van der Waals surface area contributed by atoms with Crippen LogP contribution in [0.25, 0.3) is 0 Å². The van der Waals surface area contributed by atoms with E-state index in [0.29, 0.717) is 6.54 Å². The molecule has 1 rings (SSSR count). The van der Waals surface area contributed by atoms with Crippen LogP contribution in [-0.2, 0) is 4.74 Å². The molecule has 7 heteroatoms. The molecular weight excluding hydrogens is 242 g/mol. The number of amides is 1. The Bertz CT molecular complexity index is 274. The van der Waals surface area contributed by atoms with Crippen molar-refractivity contribution in [3.05, 3.63) is 0 Å². The Hall–Kier alpha value is -0.890. The molecule has 7 nitrogen and oxygen atoms in total. The van der Waals surface area contributed by atoms with Crippen LogP contribution in [0.15, 0.2) is 0 Å². The fourth-order valence-electron chi connectivity index (χ4n) is 1.91. The maximum atomic E-state index is 11.6. The molecule has 4 atom stereocenters. The molecule has 0 aromatic rings. The number of likely N-dealkylation sites (tertiary alicyclic amines) is 1. The van der Waals surface area contributed by atoms with Gasteiger partial charge >= 0.3 is 6.09 Å². The van der Waals surface area contributed by atoms with Crippen LogP contribution in [0.2, 0.25) is 0 Å². The second-order valence-electron chi connectivity index (χ2n) is 4.57. The van der Waals surface area contributed by atoms with Gasteiger partial charge in [-0.3, -0.25) is 0 Å². The summed E-state index contributed by atoms with van der Waals surface area (Å²) in [6.07, 6.45) is -3.12. The van der Waals surface area contributed by atoms with Gasteiger partial charge in [-0.2, -0.15) is 0 Å². The SMILES string of the molecule is C[C@@H]1CCCN1C(=O)OC[C@H](O)[C@H](O)[C@H](O)CO. The molecule has 18 heavy (non-hydrogen) atoms. The van der Waals surface area contributed by atoms with E-state index in [-0.39, 0.29) is 6.04 Å². The van der Waals surface area contributed by atoms with Crippen LogP contribution < -0.4 is 0 Å². The summed E-state index contributed by atoms with van der Waals surface area (Å²) in [5, 5.41) is 36.5. The number of hydrogen-bond acceptors (Lipinski definition) is 6. The topological polar surface area (TPSA) is 110 Å². The van der Waals surface area contributed by atoms with E-state index in [2.05, 4.69) is 0 Å². The van der Waals surface area contributed by atoms with Crippen LogP contribution >= 0.6 is 0 Å². The highest BCUT2D eigenvalue weighted by molar-refractivity contribution is 5.68. The van der Waals surface area contributed by atoms with Crippen LogP contribution in [0.4, 0.5) is 4.79 Å². The summed E-state index contributed by atoms with van der Waals surface area (Å²) >= 11 is 0. The average molecular weight is 263 g/mol. The van der Waals surface area contributed by atoms with E-state index in [4.69, 9.17) is 14.9 Å². The smallest absolute Gasteiger partial charge is 0.410 e. The lowest BCUT2D eigenvalue weighted by Gasteiger charge is -2.24. The quantitative estimate of drug-likeness (QED) is 0.490. The van der Waals surface area contributed by atoms with Gasteiger partial charge in [0.15, 0.2) is 0 Å². The molecule has 0 aliphatic carbocycles. The minimum Gasteiger partial charge on any atom is -0.447 e. The van der Waals surface area contributed by atoms with Crippen LogP contribution in [0.5, 0.6) is 0 Å². The van der Waals surface area contributed by atoms with Gasteiger partial charge in [-0.05, 0) is 19.8 Å². The Balaban J connectivity index is 2.33. The molecular formula is C11H21NO6. The molecule has 0 bridgehead atoms. The number of nitrogens with zero attached hydrogens (tertiary/aromatic N) is 1. The average Bonchev–Trinajstić information content (AvgIpc) is 2.79. The Morgan fingerprint density at radius 2 is 2.06 bits per heavy atom. The van der Waals surface area contributed by atoms with Gasteiger partial charge < -0.3 is 30.1 Å². The molecule has 1 fully saturated rings. The highest BCUT2D eigenvalue weighted by Crippen LogP contribution is 2.17. The normalized spacial score (nSPS) is 24.7. The minimum absolute atomic E-state index is 0.114. The highest BCUT2D eigenvalue weighted by atomic mass is 16.6. The van der Waals surface area contributed by atoms with Gasteiger partial charge in [0.1, 0.15) is 24.9 Å². The summed E-state index contributed by atoms with van der Waals surface area (Å²) in [4.78, 5) is 13.2. The van der Waals surface area contributed by atoms with Gasteiger partial charge in [-0.15, -0.1) is 0 Å². The fraction of sp³-hybridized carbons (Fsp3) is 0.909. The van der Waals surface area contributed by atoms with Gasteiger partial charge in [0.25, 0.3) is 0 Å². The number of aliphatic hydroxyl groups is 4. The summed E-state index contributed by atoms with van der Waals surface area (Å²) in [6, 6.07) is 0.114. The first-order valence-corrected chi connectivity index (χ1v) is 6.05. The van der Waals surface area contributed by atoms with Crippen molar-refractivity contribution in [1.82, 2.24) is 4.90 Å². The summed E-state index contributed by atoms with van der Waals surface area (Å²) in [6.45, 7) is 1.45. The van der Waals surface area contributed by atoms with Crippen molar-refractivity contribution in [2.24, 2.45) is 0 Å². The Morgan fingerprint density at radius 1 is 1.39 bits per heavy atom. The first-order chi connectivity index (χ1) is 8.47. The monoisotopic (exact) mass is 263 g/mol. The second-order valence-corrected chi connectivity index (χ2v) is 4.57. The molecule has 0 unspecified atom stereocenters. The zero-order valence-electron chi connectivity index (χ0n) is 10.4. The molecule has 1 heterocycles. The number of rotatable bonds is 5. The Morgan fingerprint density at radius 3 is 2.56 bits per heavy atom. The lowest BCUT2D eigenvalue weighted by atomic mass is 10.1. The molecule has 1 amide bonds. The zero-order chi connectivity index (χ0) is 13.7. The van der Waals surface area contributed by atoms with E-state index in [1.807, 2.05) is 6.92 Å². The zero-order valence-corrected chi connectivity index (χ0v) is 10.4. The molecule has 4 N–H and O–H groups in total. The maximum Gasteiger partial charge on any atom is 0.410 e. The first kappa shape index (κ1) is 15.2. The third-order valence-corrected chi connectivity index (χ3v) is 3.14. The van der Waals surface area contributed by atoms with E-state index in [1.54, 1.807) is 4.90 Å². The van der Waals surface area contributed by atoms with E-state index in [1.165, 1.54) is 0 Å². The van der Waals surface area contributed by atoms with Crippen LogP contribution in [0.1, 0.15) is 19.8 Å². The number of aliphatic hydroxyl groups excluding tert-OH is 4. The summed E-state index contributed by atoms with van der Waals surface area (Å²) in [5.41, 5.74) is 0. The predicted octanol–water partition coefficient (Wildman–Crippen LogP) is -1.32. The van der Waals surface area contributed by atoms with Gasteiger partial charge in [-0.25, -0.2) is 4.79 Å². The van der Waals surface area contributed by atoms with Crippen molar-refractivity contribution in [2.45, 2.75) is 44.1 Å². The van der Waals surface area contributed by atoms with Crippen molar-refractivity contribution in [3.8, 4) is 0 Å². The molecule has 1 saturated heterocycles. The predicted molar refractivity (Wildman–Crippen MR) is 61.9 cm³/mol. The molecule has 0 spiro atoms. The Labute approximate surface area is 106 Å². The van der Waals surface area contributed by atoms with E-state index < -0.39 is 37.6 Å². The molecule has 0 aromatic carbocycles. The molecule has 1 aliphatic rings. The van der Waals surface area contributed by atoms with Crippen molar-refractivity contribution in [3.63, 3.8) is 0 Å². The molecule has 0 radical (unpaired) electrons. The van der Waals surface area contributed by atoms with Crippen LogP contribution in [0.3, 0.4) is 0 Å². The van der Waals surface area contributed by atoms with E-state index >= 15 is 0 Å². The molecule has 106 valence electrons. The lowest BCUT2D eigenvalue weighted by Crippen LogP contribution is -2.43. The van der Waals surface area contributed by atoms with Crippen LogP contribution in [-0.4, -0.2) is 75.5 Å². The van der Waals surface area contributed by atoms with Crippen LogP contribution in [0, 0.1) is 0 Å². The van der Waals surface area contributed by atoms with Gasteiger partial charge in [0.05, 0.1) is 6.61 Å². The number of carbonyl (C=O) groups excluding carboxylic acids is 1. The summed E-state index contributed by atoms with van der Waals surface area (Å²) < 4.78 is 4.86. The van der Waals surface area contributed by atoms with Crippen molar-refractivity contribution in [2.75, 3.05) is 19.8 Å². The minimum atomic E-state index is -1.54. The first-order valence-electron chi connectivity index (χ1n) is 6.05. The third kappa shape index (κ3) is 3.81. The van der Waals surface area contributed by atoms with E-state index in [9.17, 15) is 15.0 Å². The Kier molecular flexibility index (Phi) is 5.80. The third-order valence-electron chi connectivity index (χ3n) is 3.14. The molecule has 0 aromatic heterocycles. The largest absolute Gasteiger partial charge is 0.447 e. The number of carbonyl (C=O) groups is 1. The number of ether oxygens (including phenoxy) is 1. The molecule has 0 saturated carbocycles. The van der Waals surface area contributed by atoms with Crippen molar-refractivity contribution in [1.29, 1.82) is 0 Å². The molecule has 1 aliphatic heterocycles. The van der Waals surface area contributed by atoms with Crippen molar-refractivity contribution < 1.29 is 30.0 Å². The summed E-state index contributed by atoms with van der Waals surface area (Å²) in [7, 11) is 0. The lowest BCUT2D eigenvalue weighted by molar-refractivity contribution is -0.0928. The van der Waals surface area contributed by atoms with Crippen molar-refractivity contribution >= 4 is 6.09 Å². The standard InChI is InChI=1S/C11H21NO6/c1-7-3-2-4-12(7)11(17)18-6-9(15)10(16)8(14)5-13/h7-10,13-16H,2-6H2,1H3/t7-,8-,9+,10-/m1/s1. The summed E-state index contributed by atoms with van der Waals surface area (Å²) in [5.74, 6) is 0. The van der Waals surface area contributed by atoms with Gasteiger partial charge in [0.2, 0.25) is 0 Å². The second kappa shape index (κ2) is 6.89. The fourth-order valence-corrected chi connectivity index (χ4v) is 1.91. The van der Waals surface area contributed by atoms with E-state index in [0.717, 1.165) is 12.8 Å².